The first-order chi connectivity index (χ1) is 5.65. The van der Waals surface area contributed by atoms with Gasteiger partial charge in [0, 0.05) is 10.0 Å². The van der Waals surface area contributed by atoms with E-state index in [2.05, 4.69) is 0 Å². The zero-order valence-corrected chi connectivity index (χ0v) is 9.03. The van der Waals surface area contributed by atoms with Crippen molar-refractivity contribution in [2.45, 2.75) is 6.04 Å². The van der Waals surface area contributed by atoms with Gasteiger partial charge in [0.25, 0.3) is 0 Å². The molecule has 0 fully saturated rings. The van der Waals surface area contributed by atoms with Crippen molar-refractivity contribution in [2.24, 2.45) is 5.73 Å². The van der Waals surface area contributed by atoms with Crippen LogP contribution in [-0.2, 0) is 0 Å². The minimum absolute atomic E-state index is 0. The third kappa shape index (κ3) is 3.33. The van der Waals surface area contributed by atoms with Gasteiger partial charge in [-0.2, -0.15) is 0 Å². The van der Waals surface area contributed by atoms with E-state index in [9.17, 15) is 0 Å². The van der Waals surface area contributed by atoms with Crippen molar-refractivity contribution in [3.05, 3.63) is 33.8 Å². The molecule has 3 N–H and O–H groups in total. The van der Waals surface area contributed by atoms with Crippen LogP contribution in [0.25, 0.3) is 0 Å². The summed E-state index contributed by atoms with van der Waals surface area (Å²) in [6.07, 6.45) is 0. The molecule has 0 spiro atoms. The molecule has 0 radical (unpaired) electrons. The van der Waals surface area contributed by atoms with Gasteiger partial charge in [0.05, 0.1) is 12.6 Å². The average molecular weight is 243 g/mol. The van der Waals surface area contributed by atoms with Crippen molar-refractivity contribution in [1.82, 2.24) is 0 Å². The SMILES string of the molecule is Cl.N[C@@H](CO)c1cc(Cl)ccc1Cl. The Kier molecular flexibility index (Phi) is 5.68. The predicted molar refractivity (Wildman–Crippen MR) is 57.7 cm³/mol. The minimum atomic E-state index is -0.462. The monoisotopic (exact) mass is 241 g/mol. The Labute approximate surface area is 93.1 Å². The molecule has 0 saturated heterocycles. The number of aliphatic hydroxyl groups excluding tert-OH is 1. The minimum Gasteiger partial charge on any atom is -0.394 e. The lowest BCUT2D eigenvalue weighted by molar-refractivity contribution is 0.268. The molecule has 5 heteroatoms. The highest BCUT2D eigenvalue weighted by molar-refractivity contribution is 6.33. The van der Waals surface area contributed by atoms with Gasteiger partial charge >= 0.3 is 0 Å². The van der Waals surface area contributed by atoms with E-state index in [0.29, 0.717) is 15.6 Å². The summed E-state index contributed by atoms with van der Waals surface area (Å²) in [5, 5.41) is 9.87. The summed E-state index contributed by atoms with van der Waals surface area (Å²) in [6, 6.07) is 4.54. The van der Waals surface area contributed by atoms with Gasteiger partial charge < -0.3 is 10.8 Å². The van der Waals surface area contributed by atoms with E-state index in [1.54, 1.807) is 18.2 Å². The van der Waals surface area contributed by atoms with Gasteiger partial charge in [-0.05, 0) is 23.8 Å². The Morgan fingerprint density at radius 3 is 2.54 bits per heavy atom. The van der Waals surface area contributed by atoms with Crippen LogP contribution in [0.1, 0.15) is 11.6 Å². The van der Waals surface area contributed by atoms with E-state index in [4.69, 9.17) is 34.0 Å². The van der Waals surface area contributed by atoms with E-state index >= 15 is 0 Å². The van der Waals surface area contributed by atoms with Gasteiger partial charge in [-0.3, -0.25) is 0 Å². The number of hydrogen-bond acceptors (Lipinski definition) is 2. The fraction of sp³-hybridized carbons (Fsp3) is 0.250. The molecule has 0 aliphatic heterocycles. The summed E-state index contributed by atoms with van der Waals surface area (Å²) in [5.41, 5.74) is 6.24. The maximum Gasteiger partial charge on any atom is 0.0624 e. The first kappa shape index (κ1) is 13.0. The molecule has 0 heterocycles. The molecule has 74 valence electrons. The molecule has 0 bridgehead atoms. The van der Waals surface area contributed by atoms with E-state index in [0.717, 1.165) is 0 Å². The topological polar surface area (TPSA) is 46.2 Å². The van der Waals surface area contributed by atoms with Crippen LogP contribution in [0.15, 0.2) is 18.2 Å². The molecule has 13 heavy (non-hydrogen) atoms. The molecular weight excluding hydrogens is 232 g/mol. The summed E-state index contributed by atoms with van der Waals surface area (Å²) in [7, 11) is 0. The van der Waals surface area contributed by atoms with Gasteiger partial charge in [0.2, 0.25) is 0 Å². The van der Waals surface area contributed by atoms with Crippen LogP contribution in [0.4, 0.5) is 0 Å². The zero-order chi connectivity index (χ0) is 9.14. The van der Waals surface area contributed by atoms with Gasteiger partial charge in [-0.15, -0.1) is 12.4 Å². The second-order valence-electron chi connectivity index (χ2n) is 2.45. The highest BCUT2D eigenvalue weighted by Gasteiger charge is 2.08. The van der Waals surface area contributed by atoms with Crippen molar-refractivity contribution in [1.29, 1.82) is 0 Å². The molecule has 0 unspecified atom stereocenters. The Hall–Kier alpha value is 0.01000. The van der Waals surface area contributed by atoms with Crippen LogP contribution in [0, 0.1) is 0 Å². The van der Waals surface area contributed by atoms with Crippen molar-refractivity contribution < 1.29 is 5.11 Å². The third-order valence-electron chi connectivity index (χ3n) is 1.55. The number of hydrogen-bond donors (Lipinski definition) is 2. The van der Waals surface area contributed by atoms with E-state index in [-0.39, 0.29) is 19.0 Å². The summed E-state index contributed by atoms with van der Waals surface area (Å²) in [5.74, 6) is 0. The Bertz CT molecular complexity index is 280. The van der Waals surface area contributed by atoms with Crippen LogP contribution in [0.5, 0.6) is 0 Å². The van der Waals surface area contributed by atoms with Crippen LogP contribution in [-0.4, -0.2) is 11.7 Å². The van der Waals surface area contributed by atoms with Crippen molar-refractivity contribution in [2.75, 3.05) is 6.61 Å². The highest BCUT2D eigenvalue weighted by atomic mass is 35.5. The summed E-state index contributed by atoms with van der Waals surface area (Å²) in [6.45, 7) is -0.139. The molecule has 1 atom stereocenters. The van der Waals surface area contributed by atoms with Crippen molar-refractivity contribution >= 4 is 35.6 Å². The molecule has 0 aliphatic carbocycles. The quantitative estimate of drug-likeness (QED) is 0.837. The molecule has 0 saturated carbocycles. The van der Waals surface area contributed by atoms with Crippen LogP contribution >= 0.6 is 35.6 Å². The van der Waals surface area contributed by atoms with E-state index in [1.807, 2.05) is 0 Å². The lowest BCUT2D eigenvalue weighted by Gasteiger charge is -2.10. The lowest BCUT2D eigenvalue weighted by atomic mass is 10.1. The summed E-state index contributed by atoms with van der Waals surface area (Å²) >= 11 is 11.5. The van der Waals surface area contributed by atoms with Gasteiger partial charge in [-0.1, -0.05) is 23.2 Å². The maximum absolute atomic E-state index is 8.78. The van der Waals surface area contributed by atoms with Crippen LogP contribution in [0.3, 0.4) is 0 Å². The fourth-order valence-electron chi connectivity index (χ4n) is 0.897. The molecule has 0 aromatic heterocycles. The molecule has 0 amide bonds. The van der Waals surface area contributed by atoms with Crippen molar-refractivity contribution in [3.63, 3.8) is 0 Å². The van der Waals surface area contributed by atoms with E-state index in [1.165, 1.54) is 0 Å². The van der Waals surface area contributed by atoms with Crippen LogP contribution in [0.2, 0.25) is 10.0 Å². The zero-order valence-electron chi connectivity index (χ0n) is 6.71. The Morgan fingerprint density at radius 1 is 1.38 bits per heavy atom. The first-order valence-electron chi connectivity index (χ1n) is 3.46. The normalized spacial score (nSPS) is 12.0. The predicted octanol–water partition coefficient (Wildman–Crippen LogP) is 2.41. The number of halogens is 3. The molecular formula is C8H10Cl3NO. The second kappa shape index (κ2) is 5.68. The summed E-state index contributed by atoms with van der Waals surface area (Å²) in [4.78, 5) is 0. The average Bonchev–Trinajstić information content (AvgIpc) is 2.08. The number of rotatable bonds is 2. The molecule has 2 nitrogen and oxygen atoms in total. The van der Waals surface area contributed by atoms with Crippen molar-refractivity contribution in [3.8, 4) is 0 Å². The maximum atomic E-state index is 8.78. The molecule has 0 aliphatic rings. The van der Waals surface area contributed by atoms with Gasteiger partial charge in [0.15, 0.2) is 0 Å². The highest BCUT2D eigenvalue weighted by Crippen LogP contribution is 2.24. The number of benzene rings is 1. The first-order valence-corrected chi connectivity index (χ1v) is 4.22. The van der Waals surface area contributed by atoms with Gasteiger partial charge in [0.1, 0.15) is 0 Å². The lowest BCUT2D eigenvalue weighted by Crippen LogP contribution is -2.14. The second-order valence-corrected chi connectivity index (χ2v) is 3.30. The largest absolute Gasteiger partial charge is 0.394 e. The van der Waals surface area contributed by atoms with Crippen LogP contribution < -0.4 is 5.73 Å². The fourth-order valence-corrected chi connectivity index (χ4v) is 1.34. The standard InChI is InChI=1S/C8H9Cl2NO.ClH/c9-5-1-2-7(10)6(3-5)8(11)4-12;/h1-3,8,12H,4,11H2;1H/t8-;/m0./s1. The third-order valence-corrected chi connectivity index (χ3v) is 2.13. The van der Waals surface area contributed by atoms with Gasteiger partial charge in [-0.25, -0.2) is 0 Å². The molecule has 1 aromatic rings. The number of aliphatic hydroxyl groups is 1. The Morgan fingerprint density at radius 2 is 2.00 bits per heavy atom. The van der Waals surface area contributed by atoms with E-state index < -0.39 is 6.04 Å². The Balaban J connectivity index is 0.00000144. The summed E-state index contributed by atoms with van der Waals surface area (Å²) < 4.78 is 0. The molecule has 1 aromatic carbocycles. The molecule has 1 rings (SSSR count). The number of nitrogens with two attached hydrogens (primary N) is 1. The smallest absolute Gasteiger partial charge is 0.0624 e.